The van der Waals surface area contributed by atoms with Gasteiger partial charge >= 0.3 is 0 Å². The van der Waals surface area contributed by atoms with Gasteiger partial charge in [-0.3, -0.25) is 14.7 Å². The first-order chi connectivity index (χ1) is 13.5. The number of rotatable bonds is 6. The van der Waals surface area contributed by atoms with Crippen molar-refractivity contribution in [3.05, 3.63) is 56.8 Å². The lowest BCUT2D eigenvalue weighted by Crippen LogP contribution is -2.37. The second-order valence-corrected chi connectivity index (χ2v) is 7.73. The van der Waals surface area contributed by atoms with Gasteiger partial charge in [0, 0.05) is 28.9 Å². The average molecular weight is 379 g/mol. The van der Waals surface area contributed by atoms with Crippen molar-refractivity contribution in [2.75, 3.05) is 0 Å². The topological polar surface area (TPSA) is 104 Å². The van der Waals surface area contributed by atoms with Gasteiger partial charge in [-0.15, -0.1) is 0 Å². The molecule has 0 radical (unpaired) electrons. The van der Waals surface area contributed by atoms with Gasteiger partial charge in [0.05, 0.1) is 17.1 Å². The molecule has 1 aliphatic carbocycles. The number of H-pyrrole nitrogens is 2. The molecule has 1 atom stereocenters. The number of aromatic amines is 2. The first kappa shape index (κ1) is 18.4. The standard InChI is InChI=1S/C21H25N5O2/c1-4-14(8-15-11(2)7-12(3)23-20(15)27)24-21(28)16-9-18(13-5-6-13)25-19-17(16)10-22-26-19/h7,9-10,13-14H,4-6,8H2,1-3H3,(H,23,27)(H,24,28)(H,22,25,26). The van der Waals surface area contributed by atoms with Gasteiger partial charge in [0.25, 0.3) is 11.5 Å². The van der Waals surface area contributed by atoms with E-state index in [-0.39, 0.29) is 17.5 Å². The number of nitrogens with one attached hydrogen (secondary N) is 3. The van der Waals surface area contributed by atoms with Crippen LogP contribution < -0.4 is 10.9 Å². The van der Waals surface area contributed by atoms with Crippen LogP contribution in [0.15, 0.2) is 23.1 Å². The summed E-state index contributed by atoms with van der Waals surface area (Å²) in [6.07, 6.45) is 5.09. The van der Waals surface area contributed by atoms with Crippen molar-refractivity contribution in [2.45, 2.75) is 58.4 Å². The van der Waals surface area contributed by atoms with Crippen LogP contribution in [0.3, 0.4) is 0 Å². The molecule has 28 heavy (non-hydrogen) atoms. The van der Waals surface area contributed by atoms with Crippen LogP contribution in [0.25, 0.3) is 11.0 Å². The molecule has 3 N–H and O–H groups in total. The summed E-state index contributed by atoms with van der Waals surface area (Å²) in [5.41, 5.74) is 4.62. The Morgan fingerprint density at radius 2 is 2.11 bits per heavy atom. The van der Waals surface area contributed by atoms with Crippen LogP contribution in [0.2, 0.25) is 0 Å². The van der Waals surface area contributed by atoms with Gasteiger partial charge in [-0.05, 0) is 57.2 Å². The van der Waals surface area contributed by atoms with Crippen molar-refractivity contribution in [1.29, 1.82) is 0 Å². The Morgan fingerprint density at radius 3 is 2.79 bits per heavy atom. The minimum Gasteiger partial charge on any atom is -0.349 e. The van der Waals surface area contributed by atoms with E-state index in [1.807, 2.05) is 32.9 Å². The third-order valence-electron chi connectivity index (χ3n) is 5.46. The van der Waals surface area contributed by atoms with Crippen LogP contribution in [0.1, 0.15) is 65.0 Å². The van der Waals surface area contributed by atoms with Crippen molar-refractivity contribution < 1.29 is 4.79 Å². The Balaban J connectivity index is 1.59. The number of aromatic nitrogens is 4. The van der Waals surface area contributed by atoms with Crippen molar-refractivity contribution in [2.24, 2.45) is 0 Å². The lowest BCUT2D eigenvalue weighted by molar-refractivity contribution is 0.0937. The van der Waals surface area contributed by atoms with Gasteiger partial charge in [0.15, 0.2) is 5.65 Å². The fraction of sp³-hybridized carbons (Fsp3) is 0.429. The maximum Gasteiger partial charge on any atom is 0.252 e. The summed E-state index contributed by atoms with van der Waals surface area (Å²) in [6.45, 7) is 5.82. The minimum atomic E-state index is -0.149. The van der Waals surface area contributed by atoms with E-state index < -0.39 is 0 Å². The largest absolute Gasteiger partial charge is 0.349 e. The van der Waals surface area contributed by atoms with E-state index in [0.717, 1.165) is 47.2 Å². The third-order valence-corrected chi connectivity index (χ3v) is 5.46. The first-order valence-corrected chi connectivity index (χ1v) is 9.80. The van der Waals surface area contributed by atoms with Crippen molar-refractivity contribution in [1.82, 2.24) is 25.5 Å². The predicted molar refractivity (Wildman–Crippen MR) is 108 cm³/mol. The third kappa shape index (κ3) is 3.56. The van der Waals surface area contributed by atoms with E-state index >= 15 is 0 Å². The maximum atomic E-state index is 13.1. The summed E-state index contributed by atoms with van der Waals surface area (Å²) >= 11 is 0. The molecule has 3 aromatic rings. The molecule has 0 aromatic carbocycles. The molecular formula is C21H25N5O2. The van der Waals surface area contributed by atoms with Gasteiger partial charge < -0.3 is 10.3 Å². The van der Waals surface area contributed by atoms with Gasteiger partial charge in [0.1, 0.15) is 0 Å². The molecular weight excluding hydrogens is 354 g/mol. The molecule has 146 valence electrons. The molecule has 4 rings (SSSR count). The zero-order valence-electron chi connectivity index (χ0n) is 16.4. The molecule has 3 heterocycles. The van der Waals surface area contributed by atoms with E-state index in [1.54, 1.807) is 6.20 Å². The van der Waals surface area contributed by atoms with E-state index in [1.165, 1.54) is 0 Å². The van der Waals surface area contributed by atoms with E-state index in [0.29, 0.717) is 23.5 Å². The Morgan fingerprint density at radius 1 is 1.32 bits per heavy atom. The number of fused-ring (bicyclic) bond motifs is 1. The molecule has 1 aliphatic rings. The van der Waals surface area contributed by atoms with Gasteiger partial charge in [-0.2, -0.15) is 5.10 Å². The highest BCUT2D eigenvalue weighted by atomic mass is 16.1. The van der Waals surface area contributed by atoms with Crippen LogP contribution in [-0.2, 0) is 6.42 Å². The second kappa shape index (κ2) is 7.22. The summed E-state index contributed by atoms with van der Waals surface area (Å²) in [7, 11) is 0. The zero-order valence-corrected chi connectivity index (χ0v) is 16.4. The molecule has 0 spiro atoms. The fourth-order valence-electron chi connectivity index (χ4n) is 3.67. The SMILES string of the molecule is CCC(Cc1c(C)cc(C)[nH]c1=O)NC(=O)c1cc(C2CC2)nc2[nH]ncc12. The second-order valence-electron chi connectivity index (χ2n) is 7.73. The molecule has 7 nitrogen and oxygen atoms in total. The molecule has 1 saturated carbocycles. The molecule has 0 aliphatic heterocycles. The first-order valence-electron chi connectivity index (χ1n) is 9.80. The number of hydrogen-bond acceptors (Lipinski definition) is 4. The predicted octanol–water partition coefficient (Wildman–Crippen LogP) is 2.89. The molecule has 1 amide bonds. The lowest BCUT2D eigenvalue weighted by Gasteiger charge is -2.18. The number of carbonyl (C=O) groups excluding carboxylic acids is 1. The number of amides is 1. The van der Waals surface area contributed by atoms with Crippen LogP contribution in [0.5, 0.6) is 0 Å². The van der Waals surface area contributed by atoms with E-state index in [4.69, 9.17) is 0 Å². The van der Waals surface area contributed by atoms with Gasteiger partial charge in [-0.25, -0.2) is 4.98 Å². The van der Waals surface area contributed by atoms with E-state index in [9.17, 15) is 9.59 Å². The Hall–Kier alpha value is -2.96. The monoisotopic (exact) mass is 379 g/mol. The molecule has 0 saturated heterocycles. The van der Waals surface area contributed by atoms with Gasteiger partial charge in [-0.1, -0.05) is 6.92 Å². The summed E-state index contributed by atoms with van der Waals surface area (Å²) in [4.78, 5) is 32.9. The summed E-state index contributed by atoms with van der Waals surface area (Å²) in [5, 5.41) is 10.8. The highest BCUT2D eigenvalue weighted by molar-refractivity contribution is 6.05. The Bertz CT molecular complexity index is 1090. The molecule has 1 unspecified atom stereocenters. The van der Waals surface area contributed by atoms with E-state index in [2.05, 4.69) is 25.5 Å². The van der Waals surface area contributed by atoms with Crippen LogP contribution in [0.4, 0.5) is 0 Å². The number of nitrogens with zero attached hydrogens (tertiary/aromatic N) is 2. The molecule has 3 aromatic heterocycles. The number of carbonyl (C=O) groups is 1. The Labute approximate surface area is 163 Å². The highest BCUT2D eigenvalue weighted by Gasteiger charge is 2.28. The minimum absolute atomic E-state index is 0.0812. The van der Waals surface area contributed by atoms with Crippen molar-refractivity contribution >= 4 is 16.9 Å². The zero-order chi connectivity index (χ0) is 19.8. The van der Waals surface area contributed by atoms with Crippen LogP contribution in [-0.4, -0.2) is 32.1 Å². The summed E-state index contributed by atoms with van der Waals surface area (Å²) in [6, 6.07) is 3.72. The lowest BCUT2D eigenvalue weighted by atomic mass is 10.00. The molecule has 1 fully saturated rings. The van der Waals surface area contributed by atoms with Crippen molar-refractivity contribution in [3.63, 3.8) is 0 Å². The maximum absolute atomic E-state index is 13.1. The number of pyridine rings is 2. The molecule has 0 bridgehead atoms. The van der Waals surface area contributed by atoms with Crippen LogP contribution in [0, 0.1) is 13.8 Å². The number of aryl methyl sites for hydroxylation is 2. The summed E-state index contributed by atoms with van der Waals surface area (Å²) < 4.78 is 0. The van der Waals surface area contributed by atoms with Crippen LogP contribution >= 0.6 is 0 Å². The summed E-state index contributed by atoms with van der Waals surface area (Å²) in [5.74, 6) is 0.290. The smallest absolute Gasteiger partial charge is 0.252 e. The fourth-order valence-corrected chi connectivity index (χ4v) is 3.67. The van der Waals surface area contributed by atoms with Gasteiger partial charge in [0.2, 0.25) is 0 Å². The average Bonchev–Trinajstić information content (AvgIpc) is 3.40. The number of hydrogen-bond donors (Lipinski definition) is 3. The quantitative estimate of drug-likeness (QED) is 0.612. The normalized spacial score (nSPS) is 15.0. The van der Waals surface area contributed by atoms with Crippen molar-refractivity contribution in [3.8, 4) is 0 Å². The highest BCUT2D eigenvalue weighted by Crippen LogP contribution is 2.40. The Kier molecular flexibility index (Phi) is 4.75. The molecule has 7 heteroatoms.